The Kier molecular flexibility index (Phi) is 4.15. The second-order valence-electron chi connectivity index (χ2n) is 5.42. The van der Waals surface area contributed by atoms with Crippen molar-refractivity contribution in [2.75, 3.05) is 0 Å². The first-order chi connectivity index (χ1) is 11.3. The molecule has 0 atom stereocenters. The largest absolute Gasteiger partial charge is 0.478 e. The van der Waals surface area contributed by atoms with Crippen LogP contribution in [0.15, 0.2) is 46.7 Å². The summed E-state index contributed by atoms with van der Waals surface area (Å²) >= 11 is 1.10. The minimum atomic E-state index is -3.66. The highest BCUT2D eigenvalue weighted by Gasteiger charge is 2.23. The van der Waals surface area contributed by atoms with E-state index < -0.39 is 21.6 Å². The maximum atomic E-state index is 13.4. The number of fused-ring (bicyclic) bond motifs is 1. The quantitative estimate of drug-likeness (QED) is 0.759. The van der Waals surface area contributed by atoms with Crippen molar-refractivity contribution < 1.29 is 22.7 Å². The van der Waals surface area contributed by atoms with Gasteiger partial charge in [-0.25, -0.2) is 17.6 Å². The van der Waals surface area contributed by atoms with Gasteiger partial charge in [-0.1, -0.05) is 12.1 Å². The van der Waals surface area contributed by atoms with Crippen LogP contribution in [-0.2, 0) is 15.6 Å². The monoisotopic (exact) mass is 364 g/mol. The van der Waals surface area contributed by atoms with Crippen LogP contribution in [0.2, 0.25) is 0 Å². The van der Waals surface area contributed by atoms with E-state index in [-0.39, 0.29) is 15.5 Å². The number of carbonyl (C=O) groups is 1. The van der Waals surface area contributed by atoms with Gasteiger partial charge in [0.05, 0.1) is 11.3 Å². The highest BCUT2D eigenvalue weighted by atomic mass is 32.2. The van der Waals surface area contributed by atoms with Crippen LogP contribution in [0.4, 0.5) is 4.39 Å². The van der Waals surface area contributed by atoms with Crippen molar-refractivity contribution in [3.05, 3.63) is 65.0 Å². The van der Waals surface area contributed by atoms with Crippen molar-refractivity contribution in [2.45, 2.75) is 16.9 Å². The normalized spacial score (nSPS) is 11.8. The molecule has 0 aliphatic heterocycles. The maximum absolute atomic E-state index is 13.4. The van der Waals surface area contributed by atoms with E-state index in [9.17, 15) is 17.6 Å². The minimum absolute atomic E-state index is 0.0397. The van der Waals surface area contributed by atoms with Crippen molar-refractivity contribution in [3.8, 4) is 0 Å². The van der Waals surface area contributed by atoms with Gasteiger partial charge in [0.15, 0.2) is 9.84 Å². The Hall–Kier alpha value is -2.25. The van der Waals surface area contributed by atoms with Crippen LogP contribution >= 0.6 is 11.3 Å². The number of benzene rings is 2. The average Bonchev–Trinajstić information content (AvgIpc) is 2.85. The Balaban J connectivity index is 2.04. The molecule has 7 heteroatoms. The summed E-state index contributed by atoms with van der Waals surface area (Å²) in [7, 11) is -3.66. The summed E-state index contributed by atoms with van der Waals surface area (Å²) in [6.45, 7) is 1.65. The summed E-state index contributed by atoms with van der Waals surface area (Å²) in [4.78, 5) is 11.0. The van der Waals surface area contributed by atoms with Gasteiger partial charge in [-0.3, -0.25) is 0 Å². The van der Waals surface area contributed by atoms with Crippen molar-refractivity contribution >= 4 is 37.2 Å². The van der Waals surface area contributed by atoms with Gasteiger partial charge in [-0.15, -0.1) is 11.3 Å². The number of carboxylic acid groups (broad SMARTS) is 1. The van der Waals surface area contributed by atoms with Crippen molar-refractivity contribution in [1.29, 1.82) is 0 Å². The van der Waals surface area contributed by atoms with Gasteiger partial charge in [-0.05, 0) is 53.8 Å². The van der Waals surface area contributed by atoms with E-state index in [1.165, 1.54) is 30.3 Å². The number of hydrogen-bond donors (Lipinski definition) is 1. The highest BCUT2D eigenvalue weighted by Crippen LogP contribution is 2.36. The minimum Gasteiger partial charge on any atom is -0.478 e. The van der Waals surface area contributed by atoms with Gasteiger partial charge in [-0.2, -0.15) is 0 Å². The fraction of sp³-hybridized carbons (Fsp3) is 0.118. The number of aromatic carboxylic acids is 1. The van der Waals surface area contributed by atoms with Crippen LogP contribution in [0.5, 0.6) is 0 Å². The zero-order valence-corrected chi connectivity index (χ0v) is 14.2. The van der Waals surface area contributed by atoms with Crippen LogP contribution in [0.25, 0.3) is 10.1 Å². The average molecular weight is 364 g/mol. The van der Waals surface area contributed by atoms with Crippen molar-refractivity contribution in [2.24, 2.45) is 0 Å². The molecule has 4 nitrogen and oxygen atoms in total. The van der Waals surface area contributed by atoms with Crippen molar-refractivity contribution in [1.82, 2.24) is 0 Å². The lowest BCUT2D eigenvalue weighted by atomic mass is 10.1. The number of rotatable bonds is 4. The molecule has 0 unspecified atom stereocenters. The molecule has 24 heavy (non-hydrogen) atoms. The highest BCUT2D eigenvalue weighted by molar-refractivity contribution is 7.93. The predicted molar refractivity (Wildman–Crippen MR) is 90.8 cm³/mol. The lowest BCUT2D eigenvalue weighted by Gasteiger charge is -2.05. The van der Waals surface area contributed by atoms with Gasteiger partial charge in [0.2, 0.25) is 0 Å². The third-order valence-electron chi connectivity index (χ3n) is 3.67. The van der Waals surface area contributed by atoms with E-state index in [2.05, 4.69) is 0 Å². The molecule has 0 fully saturated rings. The van der Waals surface area contributed by atoms with E-state index in [1.807, 2.05) is 0 Å². The number of thiophene rings is 1. The van der Waals surface area contributed by atoms with E-state index in [4.69, 9.17) is 5.11 Å². The first kappa shape index (κ1) is 16.6. The van der Waals surface area contributed by atoms with Gasteiger partial charge in [0.1, 0.15) is 10.0 Å². The Morgan fingerprint density at radius 1 is 1.21 bits per heavy atom. The summed E-state index contributed by atoms with van der Waals surface area (Å²) in [6, 6.07) is 10.0. The van der Waals surface area contributed by atoms with Crippen LogP contribution in [0.3, 0.4) is 0 Å². The van der Waals surface area contributed by atoms with Crippen LogP contribution < -0.4 is 0 Å². The second kappa shape index (κ2) is 5.99. The Labute approximate surface area is 142 Å². The molecule has 0 saturated carbocycles. The first-order valence-electron chi connectivity index (χ1n) is 7.01. The van der Waals surface area contributed by atoms with Crippen LogP contribution in [0, 0.1) is 12.7 Å². The Morgan fingerprint density at radius 3 is 2.67 bits per heavy atom. The molecule has 3 rings (SSSR count). The summed E-state index contributed by atoms with van der Waals surface area (Å²) in [6.07, 6.45) is 0. The van der Waals surface area contributed by atoms with Crippen LogP contribution in [0.1, 0.15) is 21.5 Å². The van der Waals surface area contributed by atoms with E-state index in [1.54, 1.807) is 19.1 Å². The number of sulfone groups is 1. The molecule has 1 aromatic heterocycles. The lowest BCUT2D eigenvalue weighted by molar-refractivity contribution is 0.0696. The van der Waals surface area contributed by atoms with Gasteiger partial charge in [0.25, 0.3) is 0 Å². The standard InChI is InChI=1S/C17H13FO4S2/c1-10-14-8-13(18)5-6-15(14)23-17(10)24(21,22)9-11-3-2-4-12(7-11)16(19)20/h2-8H,9H2,1H3,(H,19,20). The smallest absolute Gasteiger partial charge is 0.335 e. The molecule has 3 aromatic rings. The molecular weight excluding hydrogens is 351 g/mol. The summed E-state index contributed by atoms with van der Waals surface area (Å²) in [5, 5.41) is 9.59. The SMILES string of the molecule is Cc1c(S(=O)(=O)Cc2cccc(C(=O)O)c2)sc2ccc(F)cc12. The van der Waals surface area contributed by atoms with Gasteiger partial charge >= 0.3 is 5.97 Å². The number of halogens is 1. The molecule has 0 amide bonds. The van der Waals surface area contributed by atoms with Crippen molar-refractivity contribution in [3.63, 3.8) is 0 Å². The van der Waals surface area contributed by atoms with E-state index in [0.717, 1.165) is 11.3 Å². The molecular formula is C17H13FO4S2. The summed E-state index contributed by atoms with van der Waals surface area (Å²) < 4.78 is 39.7. The fourth-order valence-electron chi connectivity index (χ4n) is 2.55. The first-order valence-corrected chi connectivity index (χ1v) is 9.48. The molecule has 1 N–H and O–H groups in total. The fourth-order valence-corrected chi connectivity index (χ4v) is 5.75. The Bertz CT molecular complexity index is 1050. The third-order valence-corrected chi connectivity index (χ3v) is 7.33. The topological polar surface area (TPSA) is 71.4 Å². The zero-order valence-electron chi connectivity index (χ0n) is 12.6. The van der Waals surface area contributed by atoms with Gasteiger partial charge < -0.3 is 5.11 Å². The lowest BCUT2D eigenvalue weighted by Crippen LogP contribution is -2.06. The molecule has 0 saturated heterocycles. The molecule has 0 aliphatic rings. The number of carboxylic acids is 1. The molecule has 1 heterocycles. The maximum Gasteiger partial charge on any atom is 0.335 e. The molecule has 124 valence electrons. The molecule has 0 radical (unpaired) electrons. The number of aryl methyl sites for hydroxylation is 1. The third kappa shape index (κ3) is 3.05. The van der Waals surface area contributed by atoms with E-state index in [0.29, 0.717) is 21.2 Å². The zero-order chi connectivity index (χ0) is 17.5. The summed E-state index contributed by atoms with van der Waals surface area (Å²) in [5.74, 6) is -1.83. The predicted octanol–water partition coefficient (Wildman–Crippen LogP) is 4.02. The van der Waals surface area contributed by atoms with E-state index >= 15 is 0 Å². The molecule has 0 aliphatic carbocycles. The Morgan fingerprint density at radius 2 is 1.96 bits per heavy atom. The van der Waals surface area contributed by atoms with Gasteiger partial charge in [0, 0.05) is 4.70 Å². The van der Waals surface area contributed by atoms with Crippen LogP contribution in [-0.4, -0.2) is 19.5 Å². The second-order valence-corrected chi connectivity index (χ2v) is 8.66. The molecule has 0 spiro atoms. The summed E-state index contributed by atoms with van der Waals surface area (Å²) in [5.41, 5.74) is 0.958. The number of hydrogen-bond acceptors (Lipinski definition) is 4. The molecule has 0 bridgehead atoms. The molecule has 2 aromatic carbocycles.